The highest BCUT2D eigenvalue weighted by atomic mass is 16.4. The van der Waals surface area contributed by atoms with Gasteiger partial charge in [-0.3, -0.25) is 14.7 Å². The molecule has 1 unspecified atom stereocenters. The Kier molecular flexibility index (Phi) is 4.59. The van der Waals surface area contributed by atoms with E-state index in [9.17, 15) is 9.59 Å². The van der Waals surface area contributed by atoms with E-state index < -0.39 is 11.9 Å². The van der Waals surface area contributed by atoms with Crippen LogP contribution in [0.5, 0.6) is 0 Å². The molecule has 1 fully saturated rings. The van der Waals surface area contributed by atoms with Crippen LogP contribution in [0.15, 0.2) is 24.3 Å². The van der Waals surface area contributed by atoms with Crippen molar-refractivity contribution < 1.29 is 14.7 Å². The molecule has 1 amide bonds. The fourth-order valence-corrected chi connectivity index (χ4v) is 2.89. The number of carboxylic acid groups (broad SMARTS) is 1. The molecule has 7 heteroatoms. The van der Waals surface area contributed by atoms with E-state index in [1.807, 2.05) is 19.1 Å². The summed E-state index contributed by atoms with van der Waals surface area (Å²) in [4.78, 5) is 29.7. The minimum Gasteiger partial charge on any atom is -0.481 e. The molecule has 0 spiro atoms. The van der Waals surface area contributed by atoms with Crippen molar-refractivity contribution in [1.29, 1.82) is 0 Å². The largest absolute Gasteiger partial charge is 0.481 e. The van der Waals surface area contributed by atoms with Crippen LogP contribution in [-0.4, -0.2) is 50.2 Å². The zero-order valence-corrected chi connectivity index (χ0v) is 13.5. The van der Waals surface area contributed by atoms with Gasteiger partial charge in [0.25, 0.3) is 5.91 Å². The predicted molar refractivity (Wildman–Crippen MR) is 87.5 cm³/mol. The van der Waals surface area contributed by atoms with Gasteiger partial charge in [-0.2, -0.15) is 5.10 Å². The summed E-state index contributed by atoms with van der Waals surface area (Å²) in [7, 11) is 0. The van der Waals surface area contributed by atoms with E-state index in [1.54, 1.807) is 17.0 Å². The molecule has 0 bridgehead atoms. The van der Waals surface area contributed by atoms with E-state index in [1.165, 1.54) is 0 Å². The quantitative estimate of drug-likeness (QED) is 0.894. The lowest BCUT2D eigenvalue weighted by molar-refractivity contribution is -0.143. The van der Waals surface area contributed by atoms with Gasteiger partial charge >= 0.3 is 5.97 Å². The molecular formula is C17H20N4O3. The molecule has 126 valence electrons. The summed E-state index contributed by atoms with van der Waals surface area (Å²) in [5.74, 6) is -0.00782. The highest BCUT2D eigenvalue weighted by Crippen LogP contribution is 2.21. The molecule has 0 aliphatic carbocycles. The number of carboxylic acids is 1. The Morgan fingerprint density at radius 3 is 2.71 bits per heavy atom. The number of carbonyl (C=O) groups excluding carboxylic acids is 1. The zero-order chi connectivity index (χ0) is 17.1. The number of amides is 1. The smallest absolute Gasteiger partial charge is 0.308 e. The highest BCUT2D eigenvalue weighted by molar-refractivity contribution is 5.95. The molecule has 1 aliphatic rings. The van der Waals surface area contributed by atoms with Gasteiger partial charge in [0, 0.05) is 30.6 Å². The van der Waals surface area contributed by atoms with Crippen LogP contribution in [0.1, 0.15) is 35.9 Å². The van der Waals surface area contributed by atoms with Crippen LogP contribution in [0.3, 0.4) is 0 Å². The summed E-state index contributed by atoms with van der Waals surface area (Å²) in [6.45, 7) is 2.87. The van der Waals surface area contributed by atoms with Crippen molar-refractivity contribution in [3.8, 4) is 11.4 Å². The first-order valence-electron chi connectivity index (χ1n) is 8.12. The minimum absolute atomic E-state index is 0.128. The van der Waals surface area contributed by atoms with Gasteiger partial charge in [0.1, 0.15) is 5.82 Å². The van der Waals surface area contributed by atoms with Crippen molar-refractivity contribution in [2.75, 3.05) is 13.1 Å². The molecule has 2 heterocycles. The second-order valence-corrected chi connectivity index (χ2v) is 5.97. The first kappa shape index (κ1) is 16.2. The summed E-state index contributed by atoms with van der Waals surface area (Å²) in [6, 6.07) is 7.11. The summed E-state index contributed by atoms with van der Waals surface area (Å²) in [5.41, 5.74) is 1.39. The number of aromatic amines is 1. The van der Waals surface area contributed by atoms with E-state index in [0.29, 0.717) is 24.4 Å². The van der Waals surface area contributed by atoms with Crippen molar-refractivity contribution in [2.45, 2.75) is 26.2 Å². The first-order chi connectivity index (χ1) is 11.6. The number of hydrogen-bond acceptors (Lipinski definition) is 4. The third-order valence-electron chi connectivity index (χ3n) is 4.31. The number of carbonyl (C=O) groups is 2. The Balaban J connectivity index is 1.73. The van der Waals surface area contributed by atoms with Gasteiger partial charge in [0.15, 0.2) is 5.82 Å². The van der Waals surface area contributed by atoms with Crippen LogP contribution in [0.2, 0.25) is 0 Å². The molecule has 1 atom stereocenters. The third kappa shape index (κ3) is 3.29. The SMILES string of the molecule is CCc1nc(-c2ccc(C(=O)N3CCCC(C(=O)O)C3)cc2)n[nH]1. The molecule has 1 saturated heterocycles. The monoisotopic (exact) mass is 328 g/mol. The molecular weight excluding hydrogens is 308 g/mol. The van der Waals surface area contributed by atoms with Crippen molar-refractivity contribution in [3.05, 3.63) is 35.7 Å². The molecule has 0 saturated carbocycles. The van der Waals surface area contributed by atoms with E-state index in [2.05, 4.69) is 15.2 Å². The van der Waals surface area contributed by atoms with Crippen LogP contribution in [0.25, 0.3) is 11.4 Å². The number of aryl methyl sites for hydroxylation is 1. The van der Waals surface area contributed by atoms with Crippen LogP contribution in [-0.2, 0) is 11.2 Å². The molecule has 1 aromatic carbocycles. The number of nitrogens with one attached hydrogen (secondary N) is 1. The predicted octanol–water partition coefficient (Wildman–Crippen LogP) is 1.97. The van der Waals surface area contributed by atoms with Crippen molar-refractivity contribution in [2.24, 2.45) is 5.92 Å². The summed E-state index contributed by atoms with van der Waals surface area (Å²) < 4.78 is 0. The Morgan fingerprint density at radius 2 is 2.08 bits per heavy atom. The average molecular weight is 328 g/mol. The van der Waals surface area contributed by atoms with E-state index in [-0.39, 0.29) is 12.5 Å². The van der Waals surface area contributed by atoms with Gasteiger partial charge in [-0.25, -0.2) is 4.98 Å². The number of aliphatic carboxylic acids is 1. The average Bonchev–Trinajstić information content (AvgIpc) is 3.10. The lowest BCUT2D eigenvalue weighted by Crippen LogP contribution is -2.42. The standard InChI is InChI=1S/C17H20N4O3/c1-2-14-18-15(20-19-14)11-5-7-12(8-6-11)16(22)21-9-3-4-13(10-21)17(23)24/h5-8,13H,2-4,9-10H2,1H3,(H,23,24)(H,18,19,20). The Bertz CT molecular complexity index is 739. The van der Waals surface area contributed by atoms with Gasteiger partial charge in [-0.1, -0.05) is 19.1 Å². The van der Waals surface area contributed by atoms with Gasteiger partial charge in [-0.05, 0) is 25.0 Å². The Morgan fingerprint density at radius 1 is 1.33 bits per heavy atom. The van der Waals surface area contributed by atoms with Crippen molar-refractivity contribution >= 4 is 11.9 Å². The maximum atomic E-state index is 12.6. The third-order valence-corrected chi connectivity index (χ3v) is 4.31. The normalized spacial score (nSPS) is 17.7. The van der Waals surface area contributed by atoms with Crippen molar-refractivity contribution in [1.82, 2.24) is 20.1 Å². The second-order valence-electron chi connectivity index (χ2n) is 5.97. The fraction of sp³-hybridized carbons (Fsp3) is 0.412. The van der Waals surface area contributed by atoms with Gasteiger partial charge in [0.2, 0.25) is 0 Å². The Labute approximate surface area is 139 Å². The highest BCUT2D eigenvalue weighted by Gasteiger charge is 2.28. The molecule has 1 aliphatic heterocycles. The van der Waals surface area contributed by atoms with Crippen LogP contribution < -0.4 is 0 Å². The number of benzene rings is 1. The Hall–Kier alpha value is -2.70. The number of nitrogens with zero attached hydrogens (tertiary/aromatic N) is 3. The van der Waals surface area contributed by atoms with Gasteiger partial charge in [0.05, 0.1) is 5.92 Å². The number of rotatable bonds is 4. The van der Waals surface area contributed by atoms with Crippen molar-refractivity contribution in [3.63, 3.8) is 0 Å². The van der Waals surface area contributed by atoms with Crippen LogP contribution in [0, 0.1) is 5.92 Å². The fourth-order valence-electron chi connectivity index (χ4n) is 2.89. The number of aromatic nitrogens is 3. The molecule has 24 heavy (non-hydrogen) atoms. The molecule has 1 aromatic heterocycles. The van der Waals surface area contributed by atoms with E-state index in [4.69, 9.17) is 5.11 Å². The molecule has 7 nitrogen and oxygen atoms in total. The molecule has 3 rings (SSSR count). The van der Waals surface area contributed by atoms with E-state index >= 15 is 0 Å². The number of H-pyrrole nitrogens is 1. The van der Waals surface area contributed by atoms with Crippen LogP contribution >= 0.6 is 0 Å². The number of piperidine rings is 1. The van der Waals surface area contributed by atoms with Gasteiger partial charge in [-0.15, -0.1) is 0 Å². The number of hydrogen-bond donors (Lipinski definition) is 2. The van der Waals surface area contributed by atoms with Crippen LogP contribution in [0.4, 0.5) is 0 Å². The topological polar surface area (TPSA) is 99.2 Å². The zero-order valence-electron chi connectivity index (χ0n) is 13.5. The van der Waals surface area contributed by atoms with E-state index in [0.717, 1.165) is 24.2 Å². The lowest BCUT2D eigenvalue weighted by Gasteiger charge is -2.30. The summed E-state index contributed by atoms with van der Waals surface area (Å²) in [6.07, 6.45) is 2.13. The number of likely N-dealkylation sites (tertiary alicyclic amines) is 1. The summed E-state index contributed by atoms with van der Waals surface area (Å²) >= 11 is 0. The lowest BCUT2D eigenvalue weighted by atomic mass is 9.97. The first-order valence-corrected chi connectivity index (χ1v) is 8.12. The second kappa shape index (κ2) is 6.82. The molecule has 2 aromatic rings. The van der Waals surface area contributed by atoms with Gasteiger partial charge < -0.3 is 10.0 Å². The molecule has 0 radical (unpaired) electrons. The maximum absolute atomic E-state index is 12.6. The minimum atomic E-state index is -0.834. The molecule has 2 N–H and O–H groups in total. The maximum Gasteiger partial charge on any atom is 0.308 e. The summed E-state index contributed by atoms with van der Waals surface area (Å²) in [5, 5.41) is 16.2.